The molecule has 6 heteroatoms. The summed E-state index contributed by atoms with van der Waals surface area (Å²) < 4.78 is 7.28. The first kappa shape index (κ1) is 53.5. The number of hydrogen-bond acceptors (Lipinski definition) is 3. The van der Waals surface area contributed by atoms with Crippen molar-refractivity contribution in [1.82, 2.24) is 28.7 Å². The van der Waals surface area contributed by atoms with Gasteiger partial charge in [0.1, 0.15) is 0 Å². The van der Waals surface area contributed by atoms with Crippen LogP contribution in [-0.4, -0.2) is 28.7 Å². The molecule has 18 rings (SSSR count). The number of aromatic nitrogens is 6. The maximum atomic E-state index is 5.14. The number of benzene rings is 14. The van der Waals surface area contributed by atoms with E-state index in [1.54, 1.807) is 0 Å². The molecule has 14 aromatic carbocycles. The second kappa shape index (κ2) is 22.2. The van der Waals surface area contributed by atoms with Crippen molar-refractivity contribution in [2.24, 2.45) is 0 Å². The molecular formula is C87H56N6. The van der Waals surface area contributed by atoms with Gasteiger partial charge in [-0.2, -0.15) is 0 Å². The fourth-order valence-electron chi connectivity index (χ4n) is 14.1. The number of fused-ring (bicyclic) bond motifs is 9. The standard InChI is InChI=1S/C87H56N6/c1-6-22-57(23-7-1)63-42-46-80-75(53-63)76-55-66(65-44-47-79-74(54-65)73-38-16-17-40-78(73)91(79)69-34-14-5-15-35-69)45-48-81(76)92(80)70-36-19-30-61(51-70)62-31-20-37-71(52-62)93-82-49-43-64(58-24-8-2-9-25-58)56-77(82)84-72(39-21-41-83(84)93)67-32-18-33-68(50-67)87-89-85(59-26-10-3-11-27-59)88-86(90-87)60-28-12-4-13-29-60/h1-56H. The molecule has 0 N–H and O–H groups in total. The lowest BCUT2D eigenvalue weighted by Crippen LogP contribution is -2.00. The van der Waals surface area contributed by atoms with Gasteiger partial charge in [-0.1, -0.05) is 237 Å². The summed E-state index contributed by atoms with van der Waals surface area (Å²) in [6, 6.07) is 123. The molecule has 434 valence electrons. The van der Waals surface area contributed by atoms with Crippen LogP contribution in [0.4, 0.5) is 0 Å². The van der Waals surface area contributed by atoms with Crippen LogP contribution in [0.1, 0.15) is 0 Å². The van der Waals surface area contributed by atoms with Crippen molar-refractivity contribution in [1.29, 1.82) is 0 Å². The molecule has 0 saturated carbocycles. The zero-order valence-electron chi connectivity index (χ0n) is 50.5. The van der Waals surface area contributed by atoms with Gasteiger partial charge in [-0.25, -0.2) is 15.0 Å². The Balaban J connectivity index is 0.762. The molecule has 0 bridgehead atoms. The maximum Gasteiger partial charge on any atom is 0.164 e. The van der Waals surface area contributed by atoms with Crippen LogP contribution < -0.4 is 0 Å². The van der Waals surface area contributed by atoms with E-state index in [9.17, 15) is 0 Å². The van der Waals surface area contributed by atoms with Gasteiger partial charge < -0.3 is 13.7 Å². The Labute approximate surface area is 537 Å². The van der Waals surface area contributed by atoms with E-state index in [1.165, 1.54) is 71.2 Å². The lowest BCUT2D eigenvalue weighted by Gasteiger charge is -2.13. The van der Waals surface area contributed by atoms with Crippen LogP contribution in [-0.2, 0) is 0 Å². The van der Waals surface area contributed by atoms with Crippen molar-refractivity contribution in [3.63, 3.8) is 0 Å². The Morgan fingerprint density at radius 3 is 1.03 bits per heavy atom. The lowest BCUT2D eigenvalue weighted by molar-refractivity contribution is 1.07. The summed E-state index contributed by atoms with van der Waals surface area (Å²) >= 11 is 0. The molecule has 0 spiro atoms. The molecule has 0 saturated heterocycles. The first-order valence-corrected chi connectivity index (χ1v) is 31.6. The second-order valence-electron chi connectivity index (χ2n) is 23.9. The van der Waals surface area contributed by atoms with Crippen LogP contribution in [0.2, 0.25) is 0 Å². The number of rotatable bonds is 11. The SMILES string of the molecule is c1ccc(-c2ccc3c(c2)c2cc(-c4ccc5c(c4)c4ccccc4n5-c4ccccc4)ccc2n3-c2cccc(-c3cccc(-n4c5ccc(-c6ccccc6)cc5c5c(-c6cccc(-c7nc(-c8ccccc8)nc(-c8ccccc8)n7)c6)cccc54)c3)c2)cc1. The van der Waals surface area contributed by atoms with Gasteiger partial charge in [0.15, 0.2) is 17.5 Å². The topological polar surface area (TPSA) is 53.5 Å². The molecule has 0 aliphatic heterocycles. The molecule has 18 aromatic rings. The van der Waals surface area contributed by atoms with Crippen LogP contribution in [0.5, 0.6) is 0 Å². The fraction of sp³-hybridized carbons (Fsp3) is 0. The van der Waals surface area contributed by atoms with E-state index < -0.39 is 0 Å². The molecule has 6 nitrogen and oxygen atoms in total. The second-order valence-corrected chi connectivity index (χ2v) is 23.9. The Morgan fingerprint density at radius 2 is 0.495 bits per heavy atom. The van der Waals surface area contributed by atoms with E-state index >= 15 is 0 Å². The van der Waals surface area contributed by atoms with Gasteiger partial charge in [0.2, 0.25) is 0 Å². The summed E-state index contributed by atoms with van der Waals surface area (Å²) in [5.74, 6) is 1.88. The highest BCUT2D eigenvalue weighted by Crippen LogP contribution is 2.44. The summed E-state index contributed by atoms with van der Waals surface area (Å²) in [7, 11) is 0. The number of para-hydroxylation sites is 2. The van der Waals surface area contributed by atoms with Crippen LogP contribution in [0, 0.1) is 0 Å². The molecule has 4 heterocycles. The maximum absolute atomic E-state index is 5.14. The highest BCUT2D eigenvalue weighted by Gasteiger charge is 2.22. The largest absolute Gasteiger partial charge is 0.309 e. The highest BCUT2D eigenvalue weighted by molar-refractivity contribution is 6.17. The van der Waals surface area contributed by atoms with Crippen LogP contribution >= 0.6 is 0 Å². The number of nitrogens with zero attached hydrogens (tertiary/aromatic N) is 6. The van der Waals surface area contributed by atoms with Crippen LogP contribution in [0.3, 0.4) is 0 Å². The average Bonchev–Trinajstić information content (AvgIpc) is 1.60. The molecular weight excluding hydrogens is 1130 g/mol. The minimum Gasteiger partial charge on any atom is -0.309 e. The van der Waals surface area contributed by atoms with E-state index in [4.69, 9.17) is 15.0 Å². The van der Waals surface area contributed by atoms with Gasteiger partial charge in [0.25, 0.3) is 0 Å². The Bertz CT molecular complexity index is 5850. The van der Waals surface area contributed by atoms with Gasteiger partial charge in [-0.15, -0.1) is 0 Å². The third kappa shape index (κ3) is 9.30. The van der Waals surface area contributed by atoms with E-state index in [1.807, 2.05) is 36.4 Å². The molecule has 0 unspecified atom stereocenters. The van der Waals surface area contributed by atoms with Gasteiger partial charge >= 0.3 is 0 Å². The normalized spacial score (nSPS) is 11.7. The molecule has 0 atom stereocenters. The molecule has 0 aliphatic rings. The van der Waals surface area contributed by atoms with Crippen molar-refractivity contribution in [3.8, 4) is 107 Å². The molecule has 0 amide bonds. The predicted molar refractivity (Wildman–Crippen MR) is 386 cm³/mol. The van der Waals surface area contributed by atoms with Crippen molar-refractivity contribution in [2.45, 2.75) is 0 Å². The third-order valence-electron chi connectivity index (χ3n) is 18.5. The minimum absolute atomic E-state index is 0.616. The van der Waals surface area contributed by atoms with Gasteiger partial charge in [0, 0.05) is 66.1 Å². The van der Waals surface area contributed by atoms with E-state index in [0.29, 0.717) is 17.5 Å². The lowest BCUT2D eigenvalue weighted by atomic mass is 9.96. The van der Waals surface area contributed by atoms with Crippen molar-refractivity contribution < 1.29 is 0 Å². The summed E-state index contributed by atoms with van der Waals surface area (Å²) in [4.78, 5) is 15.3. The first-order chi connectivity index (χ1) is 46.1. The third-order valence-corrected chi connectivity index (χ3v) is 18.5. The monoisotopic (exact) mass is 1180 g/mol. The summed E-state index contributed by atoms with van der Waals surface area (Å²) in [5.41, 5.74) is 24.5. The summed E-state index contributed by atoms with van der Waals surface area (Å²) in [6.45, 7) is 0. The van der Waals surface area contributed by atoms with E-state index in [0.717, 1.165) is 83.6 Å². The first-order valence-electron chi connectivity index (χ1n) is 31.6. The minimum atomic E-state index is 0.616. The quantitative estimate of drug-likeness (QED) is 0.130. The van der Waals surface area contributed by atoms with Crippen molar-refractivity contribution in [3.05, 3.63) is 340 Å². The predicted octanol–water partition coefficient (Wildman–Crippen LogP) is 22.5. The summed E-state index contributed by atoms with van der Waals surface area (Å²) in [6.07, 6.45) is 0. The smallest absolute Gasteiger partial charge is 0.164 e. The van der Waals surface area contributed by atoms with Crippen molar-refractivity contribution in [2.75, 3.05) is 0 Å². The Morgan fingerprint density at radius 1 is 0.172 bits per heavy atom. The highest BCUT2D eigenvalue weighted by atomic mass is 15.0. The zero-order chi connectivity index (χ0) is 61.3. The molecule has 4 aromatic heterocycles. The Kier molecular flexibility index (Phi) is 12.8. The average molecular weight is 1190 g/mol. The molecule has 93 heavy (non-hydrogen) atoms. The molecule has 0 aliphatic carbocycles. The number of hydrogen-bond donors (Lipinski definition) is 0. The Hall–Kier alpha value is -12.5. The van der Waals surface area contributed by atoms with Gasteiger partial charge in [-0.3, -0.25) is 0 Å². The van der Waals surface area contributed by atoms with E-state index in [2.05, 4.69) is 317 Å². The zero-order valence-corrected chi connectivity index (χ0v) is 50.5. The molecule has 0 radical (unpaired) electrons. The van der Waals surface area contributed by atoms with Crippen LogP contribution in [0.15, 0.2) is 340 Å². The molecule has 0 fully saturated rings. The van der Waals surface area contributed by atoms with Crippen LogP contribution in [0.25, 0.3) is 172 Å². The van der Waals surface area contributed by atoms with Crippen molar-refractivity contribution >= 4 is 65.4 Å². The van der Waals surface area contributed by atoms with Gasteiger partial charge in [0.05, 0.1) is 33.1 Å². The van der Waals surface area contributed by atoms with Gasteiger partial charge in [-0.05, 0) is 159 Å². The fourth-order valence-corrected chi connectivity index (χ4v) is 14.1. The van der Waals surface area contributed by atoms with E-state index in [-0.39, 0.29) is 0 Å². The summed E-state index contributed by atoms with van der Waals surface area (Å²) in [5, 5.41) is 7.21.